The molecule has 17 heavy (non-hydrogen) atoms. The van der Waals surface area contributed by atoms with E-state index in [2.05, 4.69) is 54.3 Å². The number of benzene rings is 1. The van der Waals surface area contributed by atoms with E-state index in [4.69, 9.17) is 5.84 Å². The van der Waals surface area contributed by atoms with Crippen LogP contribution in [0.15, 0.2) is 35.0 Å². The lowest BCUT2D eigenvalue weighted by Gasteiger charge is -2.16. The van der Waals surface area contributed by atoms with Crippen molar-refractivity contribution in [1.82, 2.24) is 5.43 Å². The Labute approximate surface area is 106 Å². The third-order valence-corrected chi connectivity index (χ3v) is 3.91. The number of hydrazine groups is 1. The van der Waals surface area contributed by atoms with E-state index in [-0.39, 0.29) is 6.04 Å². The van der Waals surface area contributed by atoms with E-state index in [1.54, 1.807) is 11.3 Å². The summed E-state index contributed by atoms with van der Waals surface area (Å²) in [4.78, 5) is 0. The minimum absolute atomic E-state index is 0.198. The third-order valence-electron chi connectivity index (χ3n) is 3.03. The maximum Gasteiger partial charge on any atom is 0.0511 e. The largest absolute Gasteiger partial charge is 0.271 e. The van der Waals surface area contributed by atoms with Crippen molar-refractivity contribution in [2.24, 2.45) is 5.84 Å². The molecule has 90 valence electrons. The van der Waals surface area contributed by atoms with Gasteiger partial charge in [0, 0.05) is 0 Å². The topological polar surface area (TPSA) is 38.0 Å². The molecule has 0 radical (unpaired) electrons. The highest BCUT2D eigenvalue weighted by Gasteiger charge is 2.13. The molecule has 0 amide bonds. The Balaban J connectivity index is 2.16. The van der Waals surface area contributed by atoms with Crippen LogP contribution in [0.25, 0.3) is 0 Å². The molecule has 0 saturated carbocycles. The van der Waals surface area contributed by atoms with Crippen LogP contribution < -0.4 is 11.3 Å². The Morgan fingerprint density at radius 3 is 2.41 bits per heavy atom. The van der Waals surface area contributed by atoms with Gasteiger partial charge in [-0.2, -0.15) is 11.3 Å². The fourth-order valence-corrected chi connectivity index (χ4v) is 2.85. The second-order valence-electron chi connectivity index (χ2n) is 4.42. The average molecular weight is 246 g/mol. The Bertz CT molecular complexity index is 473. The van der Waals surface area contributed by atoms with Crippen molar-refractivity contribution in [1.29, 1.82) is 0 Å². The first-order valence-electron chi connectivity index (χ1n) is 5.75. The highest BCUT2D eigenvalue weighted by atomic mass is 32.1. The molecule has 1 aromatic heterocycles. The van der Waals surface area contributed by atoms with E-state index in [1.807, 2.05) is 0 Å². The lowest BCUT2D eigenvalue weighted by atomic mass is 9.99. The van der Waals surface area contributed by atoms with Gasteiger partial charge in [0.05, 0.1) is 6.04 Å². The van der Waals surface area contributed by atoms with E-state index in [0.29, 0.717) is 0 Å². The average Bonchev–Trinajstić information content (AvgIpc) is 2.75. The monoisotopic (exact) mass is 246 g/mol. The van der Waals surface area contributed by atoms with Gasteiger partial charge in [0.25, 0.3) is 0 Å². The molecule has 2 nitrogen and oxygen atoms in total. The number of rotatable bonds is 4. The molecule has 1 heterocycles. The summed E-state index contributed by atoms with van der Waals surface area (Å²) < 4.78 is 0. The van der Waals surface area contributed by atoms with Crippen LogP contribution in [0.4, 0.5) is 0 Å². The van der Waals surface area contributed by atoms with Gasteiger partial charge < -0.3 is 0 Å². The van der Waals surface area contributed by atoms with E-state index >= 15 is 0 Å². The van der Waals surface area contributed by atoms with Gasteiger partial charge in [-0.05, 0) is 47.7 Å². The van der Waals surface area contributed by atoms with Crippen molar-refractivity contribution >= 4 is 11.3 Å². The van der Waals surface area contributed by atoms with Crippen molar-refractivity contribution in [2.75, 3.05) is 0 Å². The molecule has 0 fully saturated rings. The zero-order valence-corrected chi connectivity index (χ0v) is 11.1. The van der Waals surface area contributed by atoms with Gasteiger partial charge in [0.15, 0.2) is 0 Å². The molecule has 3 N–H and O–H groups in total. The van der Waals surface area contributed by atoms with Crippen LogP contribution in [0, 0.1) is 13.8 Å². The van der Waals surface area contributed by atoms with Crippen LogP contribution in [0.2, 0.25) is 0 Å². The van der Waals surface area contributed by atoms with E-state index in [9.17, 15) is 0 Å². The molecule has 0 aliphatic rings. The number of hydrogen-bond acceptors (Lipinski definition) is 3. The summed E-state index contributed by atoms with van der Waals surface area (Å²) in [5, 5.41) is 4.34. The summed E-state index contributed by atoms with van der Waals surface area (Å²) in [6, 6.07) is 8.82. The minimum atomic E-state index is 0.198. The van der Waals surface area contributed by atoms with Gasteiger partial charge in [-0.25, -0.2) is 0 Å². The zero-order valence-electron chi connectivity index (χ0n) is 10.2. The highest BCUT2D eigenvalue weighted by Crippen LogP contribution is 2.24. The van der Waals surface area contributed by atoms with Crippen LogP contribution in [0.3, 0.4) is 0 Å². The second kappa shape index (κ2) is 5.45. The lowest BCUT2D eigenvalue weighted by Crippen LogP contribution is -2.29. The quantitative estimate of drug-likeness (QED) is 0.642. The van der Waals surface area contributed by atoms with Gasteiger partial charge in [0.2, 0.25) is 0 Å². The van der Waals surface area contributed by atoms with Crippen LogP contribution in [0.5, 0.6) is 0 Å². The molecule has 0 aliphatic carbocycles. The molecule has 0 saturated heterocycles. The Morgan fingerprint density at radius 1 is 1.18 bits per heavy atom. The SMILES string of the molecule is Cc1ccc(CC(NN)c2cscc2C)cc1. The van der Waals surface area contributed by atoms with Crippen molar-refractivity contribution in [3.63, 3.8) is 0 Å². The van der Waals surface area contributed by atoms with Crippen LogP contribution in [0.1, 0.15) is 28.3 Å². The number of nitrogens with one attached hydrogen (secondary N) is 1. The molecular formula is C14H18N2S. The van der Waals surface area contributed by atoms with Crippen LogP contribution in [-0.4, -0.2) is 0 Å². The second-order valence-corrected chi connectivity index (χ2v) is 5.16. The number of thiophene rings is 1. The smallest absolute Gasteiger partial charge is 0.0511 e. The lowest BCUT2D eigenvalue weighted by molar-refractivity contribution is 0.551. The Kier molecular flexibility index (Phi) is 3.94. The summed E-state index contributed by atoms with van der Waals surface area (Å²) in [5.41, 5.74) is 8.13. The normalized spacial score (nSPS) is 12.6. The summed E-state index contributed by atoms with van der Waals surface area (Å²) >= 11 is 1.73. The van der Waals surface area contributed by atoms with Gasteiger partial charge in [-0.1, -0.05) is 29.8 Å². The summed E-state index contributed by atoms with van der Waals surface area (Å²) in [5.74, 6) is 5.67. The van der Waals surface area contributed by atoms with Gasteiger partial charge in [-0.3, -0.25) is 11.3 Å². The highest BCUT2D eigenvalue weighted by molar-refractivity contribution is 7.08. The zero-order chi connectivity index (χ0) is 12.3. The Hall–Kier alpha value is -1.16. The van der Waals surface area contributed by atoms with Crippen LogP contribution >= 0.6 is 11.3 Å². The van der Waals surface area contributed by atoms with E-state index < -0.39 is 0 Å². The molecule has 2 aromatic rings. The van der Waals surface area contributed by atoms with Gasteiger partial charge >= 0.3 is 0 Å². The number of nitrogens with two attached hydrogens (primary N) is 1. The van der Waals surface area contributed by atoms with E-state index in [1.165, 1.54) is 22.3 Å². The first-order chi connectivity index (χ1) is 8.20. The molecule has 1 unspecified atom stereocenters. The molecule has 3 heteroatoms. The van der Waals surface area contributed by atoms with Gasteiger partial charge in [-0.15, -0.1) is 0 Å². The van der Waals surface area contributed by atoms with Gasteiger partial charge in [0.1, 0.15) is 0 Å². The first-order valence-corrected chi connectivity index (χ1v) is 6.69. The number of aryl methyl sites for hydroxylation is 2. The van der Waals surface area contributed by atoms with E-state index in [0.717, 1.165) is 6.42 Å². The first kappa shape index (κ1) is 12.3. The minimum Gasteiger partial charge on any atom is -0.271 e. The maximum absolute atomic E-state index is 5.67. The molecule has 2 rings (SSSR count). The van der Waals surface area contributed by atoms with Crippen molar-refractivity contribution in [2.45, 2.75) is 26.3 Å². The summed E-state index contributed by atoms with van der Waals surface area (Å²) in [6.07, 6.45) is 0.925. The fraction of sp³-hybridized carbons (Fsp3) is 0.286. The van der Waals surface area contributed by atoms with Crippen molar-refractivity contribution in [3.8, 4) is 0 Å². The van der Waals surface area contributed by atoms with Crippen molar-refractivity contribution in [3.05, 3.63) is 57.3 Å². The summed E-state index contributed by atoms with van der Waals surface area (Å²) in [6.45, 7) is 4.23. The van der Waals surface area contributed by atoms with Crippen LogP contribution in [-0.2, 0) is 6.42 Å². The molecule has 0 bridgehead atoms. The molecule has 1 aromatic carbocycles. The molecular weight excluding hydrogens is 228 g/mol. The van der Waals surface area contributed by atoms with Crippen molar-refractivity contribution < 1.29 is 0 Å². The molecule has 1 atom stereocenters. The predicted molar refractivity (Wildman–Crippen MR) is 74.0 cm³/mol. The Morgan fingerprint density at radius 2 is 1.88 bits per heavy atom. The maximum atomic E-state index is 5.67. The third kappa shape index (κ3) is 2.94. The summed E-state index contributed by atoms with van der Waals surface area (Å²) in [7, 11) is 0. The molecule has 0 aliphatic heterocycles. The predicted octanol–water partition coefficient (Wildman–Crippen LogP) is 3.11. The standard InChI is InChI=1S/C14H18N2S/c1-10-3-5-12(6-4-10)7-14(16-15)13-9-17-8-11(13)2/h3-6,8-9,14,16H,7,15H2,1-2H3. The molecule has 0 spiro atoms. The number of hydrogen-bond donors (Lipinski definition) is 2. The fourth-order valence-electron chi connectivity index (χ4n) is 1.95.